The number of hydrogen-bond donors (Lipinski definition) is 3. The third-order valence-electron chi connectivity index (χ3n) is 3.25. The Morgan fingerprint density at radius 1 is 1.20 bits per heavy atom. The molecule has 0 aliphatic heterocycles. The van der Waals surface area contributed by atoms with E-state index in [0.717, 1.165) is 53.3 Å². The van der Waals surface area contributed by atoms with Gasteiger partial charge in [0.25, 0.3) is 0 Å². The molecule has 1 aromatic heterocycles. The van der Waals surface area contributed by atoms with Crippen molar-refractivity contribution in [3.8, 4) is 0 Å². The van der Waals surface area contributed by atoms with Crippen LogP contribution in [0.25, 0.3) is 10.9 Å². The lowest BCUT2D eigenvalue weighted by Gasteiger charge is -2.12. The molecule has 0 bridgehead atoms. The van der Waals surface area contributed by atoms with Crippen LogP contribution in [0.3, 0.4) is 0 Å². The van der Waals surface area contributed by atoms with Crippen LogP contribution in [0.2, 0.25) is 0 Å². The lowest BCUT2D eigenvalue weighted by Crippen LogP contribution is -2.05. The third kappa shape index (κ3) is 3.84. The second-order valence-electron chi connectivity index (χ2n) is 4.81. The Hall–Kier alpha value is -1.33. The number of unbranched alkanes of at least 4 members (excludes halogenated alkanes) is 3. The minimum absolute atomic E-state index is 0.281. The van der Waals surface area contributed by atoms with Gasteiger partial charge in [-0.25, -0.2) is 0 Å². The number of pyridine rings is 1. The van der Waals surface area contributed by atoms with Crippen molar-refractivity contribution in [1.29, 1.82) is 0 Å². The van der Waals surface area contributed by atoms with Crippen molar-refractivity contribution < 1.29 is 5.11 Å². The van der Waals surface area contributed by atoms with E-state index < -0.39 is 0 Å². The predicted octanol–water partition coefficient (Wildman–Crippen LogP) is 3.54. The molecular formula is C15H20BrN3O. The zero-order valence-corrected chi connectivity index (χ0v) is 13.0. The number of rotatable bonds is 7. The molecule has 0 radical (unpaired) electrons. The molecule has 20 heavy (non-hydrogen) atoms. The number of aliphatic hydroxyl groups excluding tert-OH is 1. The number of fused-ring (bicyclic) bond motifs is 1. The fraction of sp³-hybridized carbons (Fsp3) is 0.400. The number of nitrogens with one attached hydrogen (secondary N) is 1. The van der Waals surface area contributed by atoms with Crippen molar-refractivity contribution in [2.45, 2.75) is 25.7 Å². The summed E-state index contributed by atoms with van der Waals surface area (Å²) in [4.78, 5) is 4.34. The van der Waals surface area contributed by atoms with Gasteiger partial charge in [-0.3, -0.25) is 4.98 Å². The van der Waals surface area contributed by atoms with Crippen LogP contribution in [-0.2, 0) is 0 Å². The van der Waals surface area contributed by atoms with Gasteiger partial charge in [0.2, 0.25) is 0 Å². The summed E-state index contributed by atoms with van der Waals surface area (Å²) in [6.07, 6.45) is 5.82. The summed E-state index contributed by atoms with van der Waals surface area (Å²) in [5.41, 5.74) is 8.59. The highest BCUT2D eigenvalue weighted by molar-refractivity contribution is 9.10. The number of aromatic nitrogens is 1. The number of hydrogen-bond acceptors (Lipinski definition) is 4. The number of nitrogens with two attached hydrogens (primary N) is 1. The van der Waals surface area contributed by atoms with Gasteiger partial charge in [-0.1, -0.05) is 28.8 Å². The first-order valence-electron chi connectivity index (χ1n) is 6.91. The summed E-state index contributed by atoms with van der Waals surface area (Å²) < 4.78 is 1.02. The van der Waals surface area contributed by atoms with E-state index in [-0.39, 0.29) is 6.61 Å². The average Bonchev–Trinajstić information content (AvgIpc) is 2.44. The lowest BCUT2D eigenvalue weighted by molar-refractivity contribution is 0.283. The van der Waals surface area contributed by atoms with Crippen LogP contribution in [0.15, 0.2) is 28.9 Å². The molecule has 108 valence electrons. The van der Waals surface area contributed by atoms with Crippen molar-refractivity contribution in [1.82, 2.24) is 4.98 Å². The van der Waals surface area contributed by atoms with Crippen LogP contribution < -0.4 is 11.1 Å². The van der Waals surface area contributed by atoms with E-state index in [0.29, 0.717) is 5.69 Å². The van der Waals surface area contributed by atoms with Crippen LogP contribution in [0.4, 0.5) is 11.4 Å². The Morgan fingerprint density at radius 3 is 2.80 bits per heavy atom. The van der Waals surface area contributed by atoms with Gasteiger partial charge in [-0.05, 0) is 31.0 Å². The summed E-state index contributed by atoms with van der Waals surface area (Å²) in [6, 6.07) is 5.99. The number of nitrogens with zero attached hydrogens (tertiary/aromatic N) is 1. The molecule has 4 nitrogen and oxygen atoms in total. The third-order valence-corrected chi connectivity index (χ3v) is 3.74. The van der Waals surface area contributed by atoms with Crippen LogP contribution in [0.5, 0.6) is 0 Å². The molecule has 0 aliphatic rings. The van der Waals surface area contributed by atoms with Gasteiger partial charge < -0.3 is 16.2 Å². The molecule has 0 atom stereocenters. The van der Waals surface area contributed by atoms with Crippen LogP contribution in [0, 0.1) is 0 Å². The molecule has 0 aliphatic carbocycles. The van der Waals surface area contributed by atoms with Gasteiger partial charge in [0, 0.05) is 23.0 Å². The summed E-state index contributed by atoms with van der Waals surface area (Å²) in [5, 5.41) is 13.2. The maximum Gasteiger partial charge on any atom is 0.0743 e. The SMILES string of the molecule is Nc1cnc2ccc(Br)cc2c1NCCCCCCO. The minimum atomic E-state index is 0.281. The van der Waals surface area contributed by atoms with E-state index in [1.165, 1.54) is 0 Å². The molecule has 0 saturated carbocycles. The highest BCUT2D eigenvalue weighted by Gasteiger charge is 2.06. The number of anilines is 2. The molecule has 0 fully saturated rings. The second kappa shape index (κ2) is 7.45. The number of benzene rings is 1. The molecule has 1 heterocycles. The zero-order valence-electron chi connectivity index (χ0n) is 11.4. The number of halogens is 1. The molecule has 4 N–H and O–H groups in total. The van der Waals surface area contributed by atoms with Crippen LogP contribution in [0.1, 0.15) is 25.7 Å². The van der Waals surface area contributed by atoms with Crippen molar-refractivity contribution in [2.24, 2.45) is 0 Å². The molecule has 1 aromatic carbocycles. The van der Waals surface area contributed by atoms with E-state index in [2.05, 4.69) is 26.2 Å². The molecule has 2 aromatic rings. The van der Waals surface area contributed by atoms with E-state index in [9.17, 15) is 0 Å². The van der Waals surface area contributed by atoms with Gasteiger partial charge in [-0.15, -0.1) is 0 Å². The second-order valence-corrected chi connectivity index (χ2v) is 5.73. The predicted molar refractivity (Wildman–Crippen MR) is 87.9 cm³/mol. The van der Waals surface area contributed by atoms with Gasteiger partial charge in [0.15, 0.2) is 0 Å². The normalized spacial score (nSPS) is 10.9. The Balaban J connectivity index is 2.05. The molecule has 0 amide bonds. The summed E-state index contributed by atoms with van der Waals surface area (Å²) >= 11 is 3.48. The standard InChI is InChI=1S/C15H20BrN3O/c16-11-5-6-14-12(9-11)15(13(17)10-19-14)18-7-3-1-2-4-8-20/h5-6,9-10,20H,1-4,7-8,17H2,(H,18,19). The first-order chi connectivity index (χ1) is 9.72. The maximum atomic E-state index is 8.74. The fourth-order valence-electron chi connectivity index (χ4n) is 2.18. The molecule has 0 saturated heterocycles. The van der Waals surface area contributed by atoms with E-state index in [4.69, 9.17) is 10.8 Å². The molecule has 0 unspecified atom stereocenters. The highest BCUT2D eigenvalue weighted by atomic mass is 79.9. The maximum absolute atomic E-state index is 8.74. The van der Waals surface area contributed by atoms with Crippen molar-refractivity contribution >= 4 is 38.2 Å². The molecule has 2 rings (SSSR count). The van der Waals surface area contributed by atoms with Crippen molar-refractivity contribution in [2.75, 3.05) is 24.2 Å². The summed E-state index contributed by atoms with van der Waals surface area (Å²) in [5.74, 6) is 0. The van der Waals surface area contributed by atoms with Gasteiger partial charge in [0.05, 0.1) is 23.1 Å². The fourth-order valence-corrected chi connectivity index (χ4v) is 2.54. The van der Waals surface area contributed by atoms with Crippen molar-refractivity contribution in [3.05, 3.63) is 28.9 Å². The first kappa shape index (κ1) is 15.1. The topological polar surface area (TPSA) is 71.2 Å². The monoisotopic (exact) mass is 337 g/mol. The quantitative estimate of drug-likeness (QED) is 0.675. The number of nitrogen functional groups attached to an aromatic ring is 1. The smallest absolute Gasteiger partial charge is 0.0743 e. The largest absolute Gasteiger partial charge is 0.396 e. The Labute approximate surface area is 127 Å². The van der Waals surface area contributed by atoms with Gasteiger partial charge >= 0.3 is 0 Å². The van der Waals surface area contributed by atoms with E-state index in [1.54, 1.807) is 6.20 Å². The van der Waals surface area contributed by atoms with Crippen molar-refractivity contribution in [3.63, 3.8) is 0 Å². The van der Waals surface area contributed by atoms with Gasteiger partial charge in [0.1, 0.15) is 0 Å². The first-order valence-corrected chi connectivity index (χ1v) is 7.70. The van der Waals surface area contributed by atoms with Crippen LogP contribution in [-0.4, -0.2) is 23.2 Å². The van der Waals surface area contributed by atoms with E-state index >= 15 is 0 Å². The summed E-state index contributed by atoms with van der Waals surface area (Å²) in [6.45, 7) is 1.16. The highest BCUT2D eigenvalue weighted by Crippen LogP contribution is 2.30. The molecule has 5 heteroatoms. The number of aliphatic hydroxyl groups is 1. The van der Waals surface area contributed by atoms with E-state index in [1.807, 2.05) is 18.2 Å². The van der Waals surface area contributed by atoms with Crippen LogP contribution >= 0.6 is 15.9 Å². The molecular weight excluding hydrogens is 318 g/mol. The summed E-state index contributed by atoms with van der Waals surface area (Å²) in [7, 11) is 0. The lowest BCUT2D eigenvalue weighted by atomic mass is 10.1. The van der Waals surface area contributed by atoms with Gasteiger partial charge in [-0.2, -0.15) is 0 Å². The molecule has 0 spiro atoms. The Kier molecular flexibility index (Phi) is 5.61. The minimum Gasteiger partial charge on any atom is -0.396 e. The zero-order chi connectivity index (χ0) is 14.4. The Bertz CT molecular complexity index is 569. The average molecular weight is 338 g/mol. The Morgan fingerprint density at radius 2 is 2.00 bits per heavy atom.